The van der Waals surface area contributed by atoms with E-state index in [-0.39, 0.29) is 5.82 Å². The van der Waals surface area contributed by atoms with Gasteiger partial charge >= 0.3 is 0 Å². The van der Waals surface area contributed by atoms with Gasteiger partial charge in [0.1, 0.15) is 11.7 Å². The number of aromatic amines is 1. The number of H-pyrrole nitrogens is 1. The topological polar surface area (TPSA) is 65.4 Å². The molecule has 0 atom stereocenters. The molecule has 0 bridgehead atoms. The van der Waals surface area contributed by atoms with Crippen molar-refractivity contribution < 1.29 is 0 Å². The molecule has 2 rings (SSSR count). The lowest BCUT2D eigenvalue weighted by Crippen LogP contribution is -1.88. The largest absolute Gasteiger partial charge is 0.343 e. The number of hydrogen-bond acceptors (Lipinski definition) is 3. The minimum atomic E-state index is 0.217. The van der Waals surface area contributed by atoms with Crippen LogP contribution in [-0.2, 0) is 6.42 Å². The SMILES string of the molecule is CCCCCc1cc2cnc(C#N)nc2[nH]1. The van der Waals surface area contributed by atoms with E-state index in [0.717, 1.165) is 17.5 Å². The van der Waals surface area contributed by atoms with Crippen LogP contribution in [0.3, 0.4) is 0 Å². The molecule has 0 aromatic carbocycles. The van der Waals surface area contributed by atoms with E-state index in [4.69, 9.17) is 5.26 Å². The van der Waals surface area contributed by atoms with Crippen LogP contribution in [0.4, 0.5) is 0 Å². The number of nitriles is 1. The Morgan fingerprint density at radius 2 is 2.31 bits per heavy atom. The zero-order valence-electron chi connectivity index (χ0n) is 9.32. The van der Waals surface area contributed by atoms with E-state index in [1.54, 1.807) is 6.20 Å². The van der Waals surface area contributed by atoms with Gasteiger partial charge in [-0.1, -0.05) is 19.8 Å². The Morgan fingerprint density at radius 3 is 3.06 bits per heavy atom. The van der Waals surface area contributed by atoms with E-state index in [1.165, 1.54) is 25.0 Å². The van der Waals surface area contributed by atoms with Crippen molar-refractivity contribution in [2.75, 3.05) is 0 Å². The summed E-state index contributed by atoms with van der Waals surface area (Å²) in [4.78, 5) is 11.3. The van der Waals surface area contributed by atoms with Gasteiger partial charge in [-0.25, -0.2) is 9.97 Å². The van der Waals surface area contributed by atoms with Gasteiger partial charge in [0.05, 0.1) is 0 Å². The number of nitrogens with zero attached hydrogens (tertiary/aromatic N) is 3. The molecule has 2 heterocycles. The zero-order valence-corrected chi connectivity index (χ0v) is 9.32. The van der Waals surface area contributed by atoms with Crippen molar-refractivity contribution in [1.29, 1.82) is 5.26 Å². The maximum absolute atomic E-state index is 8.69. The van der Waals surface area contributed by atoms with Crippen LogP contribution in [0, 0.1) is 11.3 Å². The second-order valence-corrected chi connectivity index (χ2v) is 3.86. The summed E-state index contributed by atoms with van der Waals surface area (Å²) in [6.07, 6.45) is 6.37. The number of aryl methyl sites for hydroxylation is 1. The second-order valence-electron chi connectivity index (χ2n) is 3.86. The minimum absolute atomic E-state index is 0.217. The van der Waals surface area contributed by atoms with Crippen LogP contribution in [0.2, 0.25) is 0 Å². The Balaban J connectivity index is 2.20. The smallest absolute Gasteiger partial charge is 0.234 e. The van der Waals surface area contributed by atoms with Crippen molar-refractivity contribution in [3.8, 4) is 6.07 Å². The van der Waals surface area contributed by atoms with Gasteiger partial charge in [-0.3, -0.25) is 0 Å². The third-order valence-electron chi connectivity index (χ3n) is 2.58. The molecule has 0 amide bonds. The van der Waals surface area contributed by atoms with E-state index in [0.29, 0.717) is 0 Å². The van der Waals surface area contributed by atoms with Gasteiger partial charge in [0, 0.05) is 17.3 Å². The van der Waals surface area contributed by atoms with Crippen molar-refractivity contribution in [1.82, 2.24) is 15.0 Å². The zero-order chi connectivity index (χ0) is 11.4. The van der Waals surface area contributed by atoms with Crippen molar-refractivity contribution in [2.45, 2.75) is 32.6 Å². The summed E-state index contributed by atoms with van der Waals surface area (Å²) in [5.41, 5.74) is 1.94. The van der Waals surface area contributed by atoms with Gasteiger partial charge in [0.2, 0.25) is 5.82 Å². The summed E-state index contributed by atoms with van der Waals surface area (Å²) < 4.78 is 0. The van der Waals surface area contributed by atoms with Crippen LogP contribution in [0.15, 0.2) is 12.3 Å². The fourth-order valence-electron chi connectivity index (χ4n) is 1.73. The first-order valence-corrected chi connectivity index (χ1v) is 5.58. The number of unbranched alkanes of at least 4 members (excludes halogenated alkanes) is 2. The van der Waals surface area contributed by atoms with E-state index in [1.807, 2.05) is 6.07 Å². The van der Waals surface area contributed by atoms with Crippen LogP contribution in [0.25, 0.3) is 11.0 Å². The van der Waals surface area contributed by atoms with Crippen LogP contribution in [0.1, 0.15) is 37.7 Å². The highest BCUT2D eigenvalue weighted by molar-refractivity contribution is 5.75. The number of rotatable bonds is 4. The maximum Gasteiger partial charge on any atom is 0.234 e. The predicted molar refractivity (Wildman–Crippen MR) is 61.8 cm³/mol. The fraction of sp³-hybridized carbons (Fsp3) is 0.417. The summed E-state index contributed by atoms with van der Waals surface area (Å²) in [6.45, 7) is 2.19. The summed E-state index contributed by atoms with van der Waals surface area (Å²) in [5, 5.41) is 9.67. The molecule has 0 aliphatic rings. The molecule has 4 heteroatoms. The Morgan fingerprint density at radius 1 is 1.44 bits per heavy atom. The molecule has 0 radical (unpaired) electrons. The molecule has 82 valence electrons. The van der Waals surface area contributed by atoms with E-state index >= 15 is 0 Å². The highest BCUT2D eigenvalue weighted by Crippen LogP contribution is 2.14. The molecule has 2 aromatic rings. The van der Waals surface area contributed by atoms with Gasteiger partial charge in [0.15, 0.2) is 0 Å². The average Bonchev–Trinajstić information content (AvgIpc) is 2.70. The molecule has 0 spiro atoms. The number of aromatic nitrogens is 3. The number of hydrogen-bond donors (Lipinski definition) is 1. The molecule has 0 saturated carbocycles. The Bertz CT molecular complexity index is 521. The first-order valence-electron chi connectivity index (χ1n) is 5.58. The predicted octanol–water partition coefficient (Wildman–Crippen LogP) is 2.56. The minimum Gasteiger partial charge on any atom is -0.343 e. The molecule has 0 aliphatic heterocycles. The van der Waals surface area contributed by atoms with E-state index in [9.17, 15) is 0 Å². The molecule has 1 N–H and O–H groups in total. The first-order chi connectivity index (χ1) is 7.83. The molecule has 4 nitrogen and oxygen atoms in total. The Hall–Kier alpha value is -1.89. The summed E-state index contributed by atoms with van der Waals surface area (Å²) in [5.74, 6) is 0.217. The highest BCUT2D eigenvalue weighted by Gasteiger charge is 2.03. The second kappa shape index (κ2) is 4.75. The van der Waals surface area contributed by atoms with Gasteiger partial charge in [-0.05, 0) is 18.9 Å². The Kier molecular flexibility index (Phi) is 3.16. The van der Waals surface area contributed by atoms with Crippen molar-refractivity contribution in [3.05, 3.63) is 23.8 Å². The fourth-order valence-corrected chi connectivity index (χ4v) is 1.73. The molecular weight excluding hydrogens is 200 g/mol. The lowest BCUT2D eigenvalue weighted by molar-refractivity contribution is 0.710. The number of nitrogens with one attached hydrogen (secondary N) is 1. The number of fused-ring (bicyclic) bond motifs is 1. The van der Waals surface area contributed by atoms with Gasteiger partial charge in [-0.2, -0.15) is 5.26 Å². The van der Waals surface area contributed by atoms with Crippen LogP contribution in [-0.4, -0.2) is 15.0 Å². The monoisotopic (exact) mass is 214 g/mol. The lowest BCUT2D eigenvalue weighted by Gasteiger charge is -1.94. The average molecular weight is 214 g/mol. The molecule has 0 aliphatic carbocycles. The standard InChI is InChI=1S/C12H14N4/c1-2-3-4-5-10-6-9-8-14-11(7-13)16-12(9)15-10/h6,8H,2-5H2,1H3,(H,14,15,16). The lowest BCUT2D eigenvalue weighted by atomic mass is 10.1. The molecule has 0 fully saturated rings. The van der Waals surface area contributed by atoms with Gasteiger partial charge in [-0.15, -0.1) is 0 Å². The molecule has 2 aromatic heterocycles. The summed E-state index contributed by atoms with van der Waals surface area (Å²) >= 11 is 0. The van der Waals surface area contributed by atoms with Crippen LogP contribution in [0.5, 0.6) is 0 Å². The summed E-state index contributed by atoms with van der Waals surface area (Å²) in [7, 11) is 0. The van der Waals surface area contributed by atoms with Crippen molar-refractivity contribution in [2.24, 2.45) is 0 Å². The molecule has 0 unspecified atom stereocenters. The van der Waals surface area contributed by atoms with Crippen LogP contribution < -0.4 is 0 Å². The van der Waals surface area contributed by atoms with Crippen molar-refractivity contribution in [3.63, 3.8) is 0 Å². The molecular formula is C12H14N4. The normalized spacial score (nSPS) is 10.5. The third kappa shape index (κ3) is 2.19. The highest BCUT2D eigenvalue weighted by atomic mass is 14.9. The molecule has 16 heavy (non-hydrogen) atoms. The van der Waals surface area contributed by atoms with E-state index < -0.39 is 0 Å². The maximum atomic E-state index is 8.69. The van der Waals surface area contributed by atoms with Gasteiger partial charge < -0.3 is 4.98 Å². The van der Waals surface area contributed by atoms with Crippen molar-refractivity contribution >= 4 is 11.0 Å². The first kappa shape index (κ1) is 10.6. The van der Waals surface area contributed by atoms with Gasteiger partial charge in [0.25, 0.3) is 0 Å². The Labute approximate surface area is 94.3 Å². The summed E-state index contributed by atoms with van der Waals surface area (Å²) in [6, 6.07) is 4.00. The molecule has 0 saturated heterocycles. The third-order valence-corrected chi connectivity index (χ3v) is 2.58. The van der Waals surface area contributed by atoms with Crippen LogP contribution >= 0.6 is 0 Å². The van der Waals surface area contributed by atoms with E-state index in [2.05, 4.69) is 27.9 Å². The quantitative estimate of drug-likeness (QED) is 0.795.